The largest absolute Gasteiger partial charge is 0.480 e. The normalized spacial score (nSPS) is 26.6. The van der Waals surface area contributed by atoms with E-state index in [1.54, 1.807) is 0 Å². The van der Waals surface area contributed by atoms with Crippen LogP contribution in [0.1, 0.15) is 44.7 Å². The van der Waals surface area contributed by atoms with E-state index in [-0.39, 0.29) is 56.7 Å². The maximum atomic E-state index is 14.1. The highest BCUT2D eigenvalue weighted by atomic mass is 33.1. The zero-order chi connectivity index (χ0) is 53.5. The number of aromatic nitrogens is 2. The van der Waals surface area contributed by atoms with Crippen molar-refractivity contribution >= 4 is 86.6 Å². The standard InChI is InChI=1S/C40H64N14O16S2/c1-19(42)31(61)52-28-17-72-71-16-27(32(62)44-11-30(59)60)53-34(64)22(9-20-10-43-18-45-20)47-33(63)21(5-2-3-7-41)46-35(65)25(14-57)50-39(69)29-6-4-8-54(29)40(70)26(15-58)51-37(67)24(13-56)48-36(66)23(12-55)49-38(28)68/h10,18-19,21-29,55-58H,2-9,11-17,41-42H2,1H3,(H,43,45)(H,44,62)(H,46,65)(H,47,63)(H,48,66)(H,49,68)(H,50,69)(H,51,67)(H,52,61)(H,53,64)(H,59,60)/t19-,21-,22-,23+,24-,25-,26-,27-,28-,29-/m0/s1. The van der Waals surface area contributed by atoms with Gasteiger partial charge in [0, 0.05) is 36.4 Å². The van der Waals surface area contributed by atoms with E-state index >= 15 is 0 Å². The first-order valence-electron chi connectivity index (χ1n) is 22.6. The SMILES string of the molecule is C[C@H](N)C(=O)N[C@H]1CSSC[C@@H](C(=O)NCC(=O)O)NC(=O)[C@H](Cc2cnc[nH]2)NC(=O)[C@H](CCCCN)NC(=O)[C@H](CO)NC(=O)[C@@H]2CCCN2C(=O)[C@H](CO)NC(=O)[C@H](CO)NC(=O)[C@@H](CO)NC1=O. The van der Waals surface area contributed by atoms with Gasteiger partial charge in [-0.05, 0) is 45.6 Å². The summed E-state index contributed by atoms with van der Waals surface area (Å²) in [4.78, 5) is 155. The average molecular weight is 1060 g/mol. The second kappa shape index (κ2) is 30.7. The monoisotopic (exact) mass is 1060 g/mol. The molecule has 1 aromatic heterocycles. The second-order valence-corrected chi connectivity index (χ2v) is 19.0. The van der Waals surface area contributed by atoms with Gasteiger partial charge in [-0.3, -0.25) is 52.7 Å². The molecular formula is C40H64N14O16S2. The number of aliphatic carboxylic acids is 1. The molecule has 402 valence electrons. The number of hydrogen-bond acceptors (Lipinski definition) is 20. The van der Waals surface area contributed by atoms with Crippen LogP contribution in [0.3, 0.4) is 0 Å². The average Bonchev–Trinajstić information content (AvgIpc) is 4.07. The molecule has 32 heteroatoms. The highest BCUT2D eigenvalue weighted by Crippen LogP contribution is 2.24. The van der Waals surface area contributed by atoms with Crippen molar-refractivity contribution in [2.45, 2.75) is 106 Å². The van der Waals surface area contributed by atoms with Crippen molar-refractivity contribution in [1.82, 2.24) is 62.7 Å². The molecule has 0 radical (unpaired) electrons. The number of fused-ring (bicyclic) bond motifs is 1. The molecule has 30 nitrogen and oxygen atoms in total. The van der Waals surface area contributed by atoms with Crippen molar-refractivity contribution in [2.75, 3.05) is 57.6 Å². The summed E-state index contributed by atoms with van der Waals surface area (Å²) in [5.74, 6) is -12.4. The maximum Gasteiger partial charge on any atom is 0.322 e. The van der Waals surface area contributed by atoms with Crippen molar-refractivity contribution in [2.24, 2.45) is 11.5 Å². The lowest BCUT2D eigenvalue weighted by Gasteiger charge is -2.30. The molecule has 0 saturated carbocycles. The van der Waals surface area contributed by atoms with Crippen LogP contribution in [0.2, 0.25) is 0 Å². The summed E-state index contributed by atoms with van der Waals surface area (Å²) in [6.45, 7) is -3.69. The molecule has 19 N–H and O–H groups in total. The first-order valence-corrected chi connectivity index (χ1v) is 25.1. The fourth-order valence-electron chi connectivity index (χ4n) is 6.95. The first kappa shape index (κ1) is 60.1. The molecule has 10 amide bonds. The lowest BCUT2D eigenvalue weighted by atomic mass is 10.1. The number of carboxylic acids is 1. The number of imidazole rings is 1. The summed E-state index contributed by atoms with van der Waals surface area (Å²) in [5.41, 5.74) is 11.7. The van der Waals surface area contributed by atoms with E-state index in [4.69, 9.17) is 11.5 Å². The minimum Gasteiger partial charge on any atom is -0.480 e. The van der Waals surface area contributed by atoms with Gasteiger partial charge in [0.15, 0.2) is 0 Å². The molecule has 3 rings (SSSR count). The first-order chi connectivity index (χ1) is 34.3. The fourth-order valence-corrected chi connectivity index (χ4v) is 9.28. The second-order valence-electron chi connectivity index (χ2n) is 16.4. The molecule has 1 aromatic rings. The quantitative estimate of drug-likeness (QED) is 0.0573. The smallest absolute Gasteiger partial charge is 0.322 e. The number of aromatic amines is 1. The van der Waals surface area contributed by atoms with Crippen LogP contribution in [0.15, 0.2) is 12.5 Å². The maximum absolute atomic E-state index is 14.1. The van der Waals surface area contributed by atoms with Gasteiger partial charge in [-0.25, -0.2) is 4.98 Å². The number of amides is 10. The van der Waals surface area contributed by atoms with Gasteiger partial charge in [0.1, 0.15) is 60.9 Å². The molecule has 0 bridgehead atoms. The third kappa shape index (κ3) is 18.8. The Balaban J connectivity index is 2.08. The molecule has 0 aliphatic carbocycles. The van der Waals surface area contributed by atoms with Crippen molar-refractivity contribution in [3.63, 3.8) is 0 Å². The molecule has 2 aliphatic rings. The van der Waals surface area contributed by atoms with Crippen LogP contribution in [0, 0.1) is 0 Å². The Kier molecular flexibility index (Phi) is 25.6. The molecule has 0 spiro atoms. The highest BCUT2D eigenvalue weighted by molar-refractivity contribution is 8.76. The Morgan fingerprint density at radius 3 is 1.82 bits per heavy atom. The number of rotatable bonds is 15. The number of nitrogens with one attached hydrogen (secondary N) is 10. The van der Waals surface area contributed by atoms with Crippen LogP contribution in [0.25, 0.3) is 0 Å². The van der Waals surface area contributed by atoms with Crippen molar-refractivity contribution in [1.29, 1.82) is 0 Å². The Bertz CT molecular complexity index is 2060. The number of aliphatic hydroxyl groups is 4. The predicted molar refractivity (Wildman–Crippen MR) is 253 cm³/mol. The topological polar surface area (TPSA) is 481 Å². The van der Waals surface area contributed by atoms with Crippen molar-refractivity contribution < 1.29 is 78.3 Å². The van der Waals surface area contributed by atoms with Gasteiger partial charge in [-0.2, -0.15) is 0 Å². The minimum atomic E-state index is -1.86. The molecule has 2 aliphatic heterocycles. The van der Waals surface area contributed by atoms with E-state index in [2.05, 4.69) is 57.8 Å². The Labute approximate surface area is 419 Å². The third-order valence-electron chi connectivity index (χ3n) is 10.9. The van der Waals surface area contributed by atoms with Gasteiger partial charge < -0.3 is 94.7 Å². The third-order valence-corrected chi connectivity index (χ3v) is 13.3. The molecule has 2 fully saturated rings. The summed E-state index contributed by atoms with van der Waals surface area (Å²) in [6, 6.07) is -15.6. The van der Waals surface area contributed by atoms with E-state index in [1.807, 2.05) is 0 Å². The van der Waals surface area contributed by atoms with Gasteiger partial charge in [0.05, 0.1) is 38.8 Å². The summed E-state index contributed by atoms with van der Waals surface area (Å²) < 4.78 is 0. The molecule has 72 heavy (non-hydrogen) atoms. The Hall–Kier alpha value is -6.16. The van der Waals surface area contributed by atoms with Gasteiger partial charge >= 0.3 is 5.97 Å². The van der Waals surface area contributed by atoms with Crippen LogP contribution < -0.4 is 59.3 Å². The summed E-state index contributed by atoms with van der Waals surface area (Å²) in [5, 5.41) is 70.8. The number of carbonyl (C=O) groups is 11. The number of carbonyl (C=O) groups excluding carboxylic acids is 10. The van der Waals surface area contributed by atoms with Crippen LogP contribution in [-0.2, 0) is 59.2 Å². The van der Waals surface area contributed by atoms with E-state index in [9.17, 15) is 78.3 Å². The predicted octanol–water partition coefficient (Wildman–Crippen LogP) is -9.14. The summed E-state index contributed by atoms with van der Waals surface area (Å²) in [6.07, 6.45) is 3.17. The molecule has 0 aromatic carbocycles. The number of nitrogens with zero attached hydrogens (tertiary/aromatic N) is 2. The lowest BCUT2D eigenvalue weighted by Crippen LogP contribution is -2.62. The van der Waals surface area contributed by atoms with Crippen molar-refractivity contribution in [3.05, 3.63) is 18.2 Å². The van der Waals surface area contributed by atoms with E-state index in [1.165, 1.54) is 19.4 Å². The number of H-pyrrole nitrogens is 1. The molecule has 2 saturated heterocycles. The number of carboxylic acid groups (broad SMARTS) is 1. The van der Waals surface area contributed by atoms with Gasteiger partial charge in [0.2, 0.25) is 59.1 Å². The Morgan fingerprint density at radius 1 is 0.736 bits per heavy atom. The van der Waals surface area contributed by atoms with Crippen LogP contribution in [0.5, 0.6) is 0 Å². The van der Waals surface area contributed by atoms with Crippen LogP contribution >= 0.6 is 21.6 Å². The van der Waals surface area contributed by atoms with E-state index < -0.39 is 158 Å². The number of hydrogen-bond donors (Lipinski definition) is 17. The van der Waals surface area contributed by atoms with E-state index in [0.717, 1.165) is 26.5 Å². The minimum absolute atomic E-state index is 0.0200. The van der Waals surface area contributed by atoms with E-state index in [0.29, 0.717) is 12.1 Å². The number of aliphatic hydroxyl groups excluding tert-OH is 4. The molecule has 10 atom stereocenters. The van der Waals surface area contributed by atoms with Crippen LogP contribution in [-0.4, -0.2) is 223 Å². The highest BCUT2D eigenvalue weighted by Gasteiger charge is 2.40. The summed E-state index contributed by atoms with van der Waals surface area (Å²) in [7, 11) is 1.70. The Morgan fingerprint density at radius 2 is 1.26 bits per heavy atom. The molecule has 0 unspecified atom stereocenters. The van der Waals surface area contributed by atoms with Gasteiger partial charge in [-0.15, -0.1) is 0 Å². The molecular weight excluding hydrogens is 997 g/mol. The van der Waals surface area contributed by atoms with Crippen molar-refractivity contribution in [3.8, 4) is 0 Å². The zero-order valence-electron chi connectivity index (χ0n) is 39.1. The number of nitrogens with two attached hydrogens (primary N) is 2. The summed E-state index contributed by atoms with van der Waals surface area (Å²) >= 11 is 0. The van der Waals surface area contributed by atoms with Gasteiger partial charge in [0.25, 0.3) is 0 Å². The van der Waals surface area contributed by atoms with Crippen LogP contribution in [0.4, 0.5) is 0 Å². The number of unbranched alkanes of at least 4 members (excludes halogenated alkanes) is 1. The fraction of sp³-hybridized carbons (Fsp3) is 0.650. The zero-order valence-corrected chi connectivity index (χ0v) is 40.8. The van der Waals surface area contributed by atoms with Gasteiger partial charge in [-0.1, -0.05) is 21.6 Å². The lowest BCUT2D eigenvalue weighted by molar-refractivity contribution is -0.143. The molecule has 3 heterocycles.